The summed E-state index contributed by atoms with van der Waals surface area (Å²) in [6.07, 6.45) is -0.158. The van der Waals surface area contributed by atoms with Crippen LogP contribution in [0, 0.1) is 33.5 Å². The Morgan fingerprint density at radius 2 is 2.29 bits per heavy atom. The summed E-state index contributed by atoms with van der Waals surface area (Å²) in [6, 6.07) is 8.38. The average Bonchev–Trinajstić information content (AvgIpc) is 2.87. The molecule has 6 nitrogen and oxygen atoms in total. The molecule has 1 saturated heterocycles. The number of nitriles is 2. The van der Waals surface area contributed by atoms with Gasteiger partial charge in [0.1, 0.15) is 0 Å². The van der Waals surface area contributed by atoms with Gasteiger partial charge in [0.2, 0.25) is 0 Å². The highest BCUT2D eigenvalue weighted by Crippen LogP contribution is 2.79. The van der Waals surface area contributed by atoms with Crippen LogP contribution < -0.4 is 10.7 Å². The molecule has 3 heterocycles. The third kappa shape index (κ3) is 1.10. The van der Waals surface area contributed by atoms with Crippen molar-refractivity contribution in [2.45, 2.75) is 24.9 Å². The molecule has 7 heteroatoms. The third-order valence-corrected chi connectivity index (χ3v) is 5.65. The van der Waals surface area contributed by atoms with Gasteiger partial charge in [-0.3, -0.25) is 5.73 Å². The van der Waals surface area contributed by atoms with E-state index in [0.717, 1.165) is 4.88 Å². The van der Waals surface area contributed by atoms with Crippen LogP contribution in [0.5, 0.6) is 0 Å². The number of nitrogens with two attached hydrogens (primary N) is 1. The van der Waals surface area contributed by atoms with Crippen molar-refractivity contribution in [2.75, 3.05) is 6.61 Å². The third-order valence-electron chi connectivity index (χ3n) is 4.72. The minimum Gasteiger partial charge on any atom is -0.311 e. The fourth-order valence-electron chi connectivity index (χ4n) is 3.85. The Labute approximate surface area is 125 Å². The van der Waals surface area contributed by atoms with Crippen LogP contribution in [-0.2, 0) is 9.47 Å². The minimum atomic E-state index is -1.32. The second kappa shape index (κ2) is 3.63. The highest BCUT2D eigenvalue weighted by molar-refractivity contribution is 7.10. The van der Waals surface area contributed by atoms with Gasteiger partial charge in [0, 0.05) is 4.88 Å². The molecule has 0 bridgehead atoms. The molecule has 2 fully saturated rings. The molecule has 1 aliphatic carbocycles. The van der Waals surface area contributed by atoms with Gasteiger partial charge in [0.05, 0.1) is 30.8 Å². The van der Waals surface area contributed by atoms with E-state index in [-0.39, 0.29) is 17.9 Å². The molecule has 1 saturated carbocycles. The SMILES string of the molecule is C[C@H]1CO[C@]2([NH+]=C(N)[C@@]3(C#N)[C@@H](c4cccs4)[C@@]23C#N)O1. The number of amidine groups is 1. The Morgan fingerprint density at radius 3 is 2.81 bits per heavy atom. The number of nitrogens with zero attached hydrogens (tertiary/aromatic N) is 2. The average molecular weight is 301 g/mol. The Kier molecular flexibility index (Phi) is 2.21. The van der Waals surface area contributed by atoms with E-state index < -0.39 is 16.7 Å². The first kappa shape index (κ1) is 12.8. The number of thiophene rings is 1. The highest BCUT2D eigenvalue weighted by Gasteiger charge is 2.98. The van der Waals surface area contributed by atoms with Crippen molar-refractivity contribution in [3.63, 3.8) is 0 Å². The zero-order valence-corrected chi connectivity index (χ0v) is 12.1. The van der Waals surface area contributed by atoms with Crippen LogP contribution >= 0.6 is 11.3 Å². The molecule has 4 rings (SSSR count). The Morgan fingerprint density at radius 1 is 1.48 bits per heavy atom. The molecule has 3 N–H and O–H groups in total. The lowest BCUT2D eigenvalue weighted by atomic mass is 9.94. The Balaban J connectivity index is 1.94. The van der Waals surface area contributed by atoms with Crippen LogP contribution in [0.25, 0.3) is 0 Å². The monoisotopic (exact) mass is 301 g/mol. The van der Waals surface area contributed by atoms with E-state index in [1.165, 1.54) is 11.3 Å². The van der Waals surface area contributed by atoms with Crippen LogP contribution in [0.1, 0.15) is 17.7 Å². The second-order valence-electron chi connectivity index (χ2n) is 5.68. The zero-order valence-electron chi connectivity index (χ0n) is 11.3. The molecular formula is C14H13N4O2S+. The number of nitrogens with one attached hydrogen (secondary N) is 1. The molecule has 1 aromatic rings. The smallest absolute Gasteiger partial charge is 0.311 e. The van der Waals surface area contributed by atoms with Gasteiger partial charge in [-0.15, -0.1) is 11.3 Å². The molecule has 0 aromatic carbocycles. The maximum atomic E-state index is 9.90. The number of hydrogen-bond acceptors (Lipinski definition) is 6. The summed E-state index contributed by atoms with van der Waals surface area (Å²) in [7, 11) is 0. The van der Waals surface area contributed by atoms with E-state index in [0.29, 0.717) is 6.61 Å². The van der Waals surface area contributed by atoms with Gasteiger partial charge in [-0.05, 0) is 18.4 Å². The molecular weight excluding hydrogens is 288 g/mol. The van der Waals surface area contributed by atoms with Gasteiger partial charge in [0.25, 0.3) is 5.84 Å². The number of ether oxygens (including phenoxy) is 2. The minimum absolute atomic E-state index is 0.158. The van der Waals surface area contributed by atoms with Crippen molar-refractivity contribution >= 4 is 17.2 Å². The summed E-state index contributed by atoms with van der Waals surface area (Å²) in [5.41, 5.74) is 3.85. The summed E-state index contributed by atoms with van der Waals surface area (Å²) < 4.78 is 11.7. The predicted octanol–water partition coefficient (Wildman–Crippen LogP) is -0.594. The molecule has 5 atom stereocenters. The van der Waals surface area contributed by atoms with E-state index in [4.69, 9.17) is 15.2 Å². The van der Waals surface area contributed by atoms with Gasteiger partial charge < -0.3 is 9.47 Å². The Hall–Kier alpha value is -1.93. The number of fused-ring (bicyclic) bond motifs is 2. The van der Waals surface area contributed by atoms with Gasteiger partial charge in [0.15, 0.2) is 10.8 Å². The molecule has 106 valence electrons. The largest absolute Gasteiger partial charge is 0.343 e. The predicted molar refractivity (Wildman–Crippen MR) is 72.5 cm³/mol. The van der Waals surface area contributed by atoms with Crippen molar-refractivity contribution in [2.24, 2.45) is 16.6 Å². The molecule has 0 radical (unpaired) electrons. The fourth-order valence-corrected chi connectivity index (χ4v) is 4.81. The summed E-state index contributed by atoms with van der Waals surface area (Å²) in [5, 5.41) is 21.6. The number of hydrogen-bond donors (Lipinski definition) is 2. The number of rotatable bonds is 1. The summed E-state index contributed by atoms with van der Waals surface area (Å²) >= 11 is 1.51. The standard InChI is InChI=1S/C14H12N4O2S/c1-8-5-19-14(20-8)13(7-16)10(9-3-2-4-21-9)12(13,6-15)11(17)18-14/h2-4,8,10H,5H2,1H3,(H2,17,18)/p+1/t8-,10+,12+,13+,14-/m0/s1. The first-order valence-corrected chi connectivity index (χ1v) is 7.54. The van der Waals surface area contributed by atoms with Crippen LogP contribution in [0.4, 0.5) is 0 Å². The van der Waals surface area contributed by atoms with Gasteiger partial charge >= 0.3 is 5.91 Å². The van der Waals surface area contributed by atoms with Crippen molar-refractivity contribution in [3.05, 3.63) is 22.4 Å². The van der Waals surface area contributed by atoms with E-state index in [2.05, 4.69) is 17.1 Å². The van der Waals surface area contributed by atoms with E-state index in [9.17, 15) is 10.5 Å². The molecule has 2 aliphatic heterocycles. The van der Waals surface area contributed by atoms with Crippen LogP contribution in [0.2, 0.25) is 0 Å². The fraction of sp³-hybridized carbons (Fsp3) is 0.500. The van der Waals surface area contributed by atoms with E-state index in [1.807, 2.05) is 24.4 Å². The molecule has 0 amide bonds. The quantitative estimate of drug-likeness (QED) is 0.721. The van der Waals surface area contributed by atoms with Crippen LogP contribution in [-0.4, -0.2) is 24.5 Å². The van der Waals surface area contributed by atoms with Crippen molar-refractivity contribution < 1.29 is 14.5 Å². The molecule has 1 aromatic heterocycles. The summed E-state index contributed by atoms with van der Waals surface area (Å²) in [5.74, 6) is -1.39. The highest BCUT2D eigenvalue weighted by atomic mass is 32.1. The van der Waals surface area contributed by atoms with Crippen LogP contribution in [0.15, 0.2) is 17.5 Å². The van der Waals surface area contributed by atoms with Crippen molar-refractivity contribution in [1.82, 2.24) is 0 Å². The molecule has 21 heavy (non-hydrogen) atoms. The van der Waals surface area contributed by atoms with Crippen LogP contribution in [0.3, 0.4) is 0 Å². The van der Waals surface area contributed by atoms with Gasteiger partial charge in [-0.2, -0.15) is 10.5 Å². The maximum absolute atomic E-state index is 9.90. The lowest BCUT2D eigenvalue weighted by Crippen LogP contribution is -2.90. The van der Waals surface area contributed by atoms with Gasteiger partial charge in [-0.1, -0.05) is 6.07 Å². The topological polar surface area (TPSA) is 106 Å². The van der Waals surface area contributed by atoms with Gasteiger partial charge in [-0.25, -0.2) is 4.99 Å². The zero-order chi connectivity index (χ0) is 14.9. The van der Waals surface area contributed by atoms with Crippen molar-refractivity contribution in [3.8, 4) is 12.1 Å². The van der Waals surface area contributed by atoms with E-state index >= 15 is 0 Å². The summed E-state index contributed by atoms with van der Waals surface area (Å²) in [4.78, 5) is 3.90. The molecule has 3 aliphatic rings. The molecule has 0 unspecified atom stereocenters. The first-order chi connectivity index (χ1) is 10.1. The normalized spacial score (nSPS) is 46.7. The maximum Gasteiger partial charge on any atom is 0.343 e. The van der Waals surface area contributed by atoms with Crippen molar-refractivity contribution in [1.29, 1.82) is 10.5 Å². The second-order valence-corrected chi connectivity index (χ2v) is 6.66. The van der Waals surface area contributed by atoms with E-state index in [1.54, 1.807) is 0 Å². The first-order valence-electron chi connectivity index (χ1n) is 6.67. The lowest BCUT2D eigenvalue weighted by molar-refractivity contribution is -0.677. The molecule has 1 spiro atoms. The summed E-state index contributed by atoms with van der Waals surface area (Å²) in [6.45, 7) is 2.23. The Bertz CT molecular complexity index is 733. The lowest BCUT2D eigenvalue weighted by Gasteiger charge is -2.23.